The number of ether oxygens (including phenoxy) is 1. The quantitative estimate of drug-likeness (QED) is 0.330. The Kier molecular flexibility index (Phi) is 7.02. The number of H-pyrrole nitrogens is 1. The zero-order valence-corrected chi connectivity index (χ0v) is 18.0. The van der Waals surface area contributed by atoms with Gasteiger partial charge in [0.2, 0.25) is 0 Å². The van der Waals surface area contributed by atoms with Crippen LogP contribution in [0.4, 0.5) is 4.39 Å². The molecular formula is C25H22FN3O5. The van der Waals surface area contributed by atoms with Crippen LogP contribution in [-0.4, -0.2) is 35.4 Å². The first-order valence-corrected chi connectivity index (χ1v) is 10.6. The molecule has 174 valence electrons. The third kappa shape index (κ3) is 5.69. The van der Waals surface area contributed by atoms with E-state index in [0.29, 0.717) is 5.76 Å². The lowest BCUT2D eigenvalue weighted by Crippen LogP contribution is -2.44. The van der Waals surface area contributed by atoms with E-state index in [0.717, 1.165) is 28.6 Å². The molecule has 34 heavy (non-hydrogen) atoms. The van der Waals surface area contributed by atoms with Gasteiger partial charge >= 0.3 is 5.97 Å². The van der Waals surface area contributed by atoms with E-state index in [9.17, 15) is 18.8 Å². The largest absolute Gasteiger partial charge is 0.467 e. The molecule has 0 saturated carbocycles. The number of para-hydroxylation sites is 1. The van der Waals surface area contributed by atoms with Crippen LogP contribution in [-0.2, 0) is 27.3 Å². The van der Waals surface area contributed by atoms with Gasteiger partial charge in [-0.3, -0.25) is 9.59 Å². The van der Waals surface area contributed by atoms with Crippen LogP contribution >= 0.6 is 0 Å². The van der Waals surface area contributed by atoms with Crippen molar-refractivity contribution in [3.63, 3.8) is 0 Å². The molecule has 9 heteroatoms. The third-order valence-electron chi connectivity index (χ3n) is 5.18. The molecule has 0 unspecified atom stereocenters. The number of esters is 1. The SMILES string of the molecule is O=C(COC(=O)[C@@H](Cc1c[nH]c2ccccc12)NC(=O)c1ccc(F)cc1)NCc1ccco1. The van der Waals surface area contributed by atoms with Crippen molar-refractivity contribution >= 4 is 28.7 Å². The average molecular weight is 463 g/mol. The lowest BCUT2D eigenvalue weighted by atomic mass is 10.0. The van der Waals surface area contributed by atoms with E-state index < -0.39 is 36.2 Å². The van der Waals surface area contributed by atoms with Crippen LogP contribution in [0.2, 0.25) is 0 Å². The third-order valence-corrected chi connectivity index (χ3v) is 5.18. The van der Waals surface area contributed by atoms with E-state index in [1.165, 1.54) is 18.4 Å². The number of fused-ring (bicyclic) bond motifs is 1. The van der Waals surface area contributed by atoms with Crippen molar-refractivity contribution < 1.29 is 27.9 Å². The summed E-state index contributed by atoms with van der Waals surface area (Å²) in [7, 11) is 0. The van der Waals surface area contributed by atoms with E-state index >= 15 is 0 Å². The maximum absolute atomic E-state index is 13.2. The van der Waals surface area contributed by atoms with Gasteiger partial charge in [0.05, 0.1) is 12.8 Å². The van der Waals surface area contributed by atoms with Crippen molar-refractivity contribution in [1.29, 1.82) is 0 Å². The number of hydrogen-bond donors (Lipinski definition) is 3. The number of aromatic amines is 1. The predicted octanol–water partition coefficient (Wildman–Crippen LogP) is 3.10. The number of carbonyl (C=O) groups excluding carboxylic acids is 3. The smallest absolute Gasteiger partial charge is 0.329 e. The summed E-state index contributed by atoms with van der Waals surface area (Å²) in [5.74, 6) is -1.77. The zero-order valence-electron chi connectivity index (χ0n) is 18.0. The highest BCUT2D eigenvalue weighted by atomic mass is 19.1. The molecule has 0 spiro atoms. The predicted molar refractivity (Wildman–Crippen MR) is 121 cm³/mol. The van der Waals surface area contributed by atoms with Gasteiger partial charge in [0.1, 0.15) is 17.6 Å². The van der Waals surface area contributed by atoms with Gasteiger partial charge in [-0.1, -0.05) is 18.2 Å². The first-order valence-electron chi connectivity index (χ1n) is 10.6. The number of rotatable bonds is 9. The maximum Gasteiger partial charge on any atom is 0.329 e. The van der Waals surface area contributed by atoms with Crippen molar-refractivity contribution in [2.75, 3.05) is 6.61 Å². The Morgan fingerprint density at radius 2 is 1.82 bits per heavy atom. The van der Waals surface area contributed by atoms with Crippen molar-refractivity contribution in [3.05, 3.63) is 95.8 Å². The lowest BCUT2D eigenvalue weighted by Gasteiger charge is -2.17. The number of furan rings is 1. The minimum atomic E-state index is -1.07. The summed E-state index contributed by atoms with van der Waals surface area (Å²) in [5, 5.41) is 6.12. The topological polar surface area (TPSA) is 113 Å². The standard InChI is InChI=1S/C25H22FN3O5/c26-18-9-7-16(8-10-18)24(31)29-22(12-17-13-27-21-6-2-1-5-20(17)21)25(32)34-15-23(30)28-14-19-4-3-11-33-19/h1-11,13,22,27H,12,14-15H2,(H,28,30)(H,29,31)/t22-/m1/s1. The van der Waals surface area contributed by atoms with Crippen LogP contribution < -0.4 is 10.6 Å². The Balaban J connectivity index is 1.44. The molecule has 0 bridgehead atoms. The van der Waals surface area contributed by atoms with E-state index in [1.807, 2.05) is 24.3 Å². The van der Waals surface area contributed by atoms with Crippen molar-refractivity contribution in [2.24, 2.45) is 0 Å². The van der Waals surface area contributed by atoms with Crippen LogP contribution in [0, 0.1) is 5.82 Å². The molecular weight excluding hydrogens is 441 g/mol. The van der Waals surface area contributed by atoms with Crippen LogP contribution in [0.3, 0.4) is 0 Å². The fraction of sp³-hybridized carbons (Fsp3) is 0.160. The van der Waals surface area contributed by atoms with Gasteiger partial charge in [0.25, 0.3) is 11.8 Å². The number of benzene rings is 2. The number of hydrogen-bond acceptors (Lipinski definition) is 5. The van der Waals surface area contributed by atoms with Gasteiger partial charge in [-0.15, -0.1) is 0 Å². The summed E-state index contributed by atoms with van der Waals surface area (Å²) >= 11 is 0. The highest BCUT2D eigenvalue weighted by molar-refractivity contribution is 5.97. The molecule has 0 aliphatic rings. The van der Waals surface area contributed by atoms with Crippen molar-refractivity contribution in [3.8, 4) is 0 Å². The van der Waals surface area contributed by atoms with Gasteiger partial charge in [-0.05, 0) is 48.0 Å². The minimum absolute atomic E-state index is 0.129. The first-order chi connectivity index (χ1) is 16.5. The van der Waals surface area contributed by atoms with E-state index in [-0.39, 0.29) is 18.5 Å². The zero-order chi connectivity index (χ0) is 23.9. The fourth-order valence-corrected chi connectivity index (χ4v) is 3.44. The van der Waals surface area contributed by atoms with Crippen LogP contribution in [0.1, 0.15) is 21.7 Å². The second-order valence-electron chi connectivity index (χ2n) is 7.56. The molecule has 1 atom stereocenters. The van der Waals surface area contributed by atoms with Crippen molar-refractivity contribution in [1.82, 2.24) is 15.6 Å². The Morgan fingerprint density at radius 1 is 1.03 bits per heavy atom. The summed E-state index contributed by atoms with van der Waals surface area (Å²) in [6.07, 6.45) is 3.37. The molecule has 4 rings (SSSR count). The van der Waals surface area contributed by atoms with Gasteiger partial charge in [-0.2, -0.15) is 0 Å². The molecule has 0 fully saturated rings. The Bertz CT molecular complexity index is 1280. The highest BCUT2D eigenvalue weighted by Crippen LogP contribution is 2.19. The number of amides is 2. The summed E-state index contributed by atoms with van der Waals surface area (Å²) < 4.78 is 23.5. The highest BCUT2D eigenvalue weighted by Gasteiger charge is 2.25. The molecule has 4 aromatic rings. The molecule has 2 aromatic heterocycles. The van der Waals surface area contributed by atoms with Gasteiger partial charge in [0.15, 0.2) is 6.61 Å². The number of carbonyl (C=O) groups is 3. The second-order valence-corrected chi connectivity index (χ2v) is 7.56. The van der Waals surface area contributed by atoms with E-state index in [4.69, 9.17) is 9.15 Å². The molecule has 2 amide bonds. The van der Waals surface area contributed by atoms with Gasteiger partial charge < -0.3 is 24.8 Å². The average Bonchev–Trinajstić information content (AvgIpc) is 3.51. The molecule has 0 saturated heterocycles. The number of aromatic nitrogens is 1. The summed E-state index contributed by atoms with van der Waals surface area (Å²) in [4.78, 5) is 40.8. The van der Waals surface area contributed by atoms with Gasteiger partial charge in [0, 0.05) is 29.1 Å². The number of halogens is 1. The molecule has 2 heterocycles. The second kappa shape index (κ2) is 10.5. The molecule has 8 nitrogen and oxygen atoms in total. The van der Waals surface area contributed by atoms with Crippen molar-refractivity contribution in [2.45, 2.75) is 19.0 Å². The lowest BCUT2D eigenvalue weighted by molar-refractivity contribution is -0.150. The Labute approximate surface area is 194 Å². The maximum atomic E-state index is 13.2. The van der Waals surface area contributed by atoms with E-state index in [1.54, 1.807) is 18.3 Å². The minimum Gasteiger partial charge on any atom is -0.467 e. The first kappa shape index (κ1) is 22.8. The molecule has 0 radical (unpaired) electrons. The van der Waals surface area contributed by atoms with Crippen LogP contribution in [0.15, 0.2) is 77.5 Å². The van der Waals surface area contributed by atoms with Gasteiger partial charge in [-0.25, -0.2) is 9.18 Å². The Hall–Kier alpha value is -4.40. The monoisotopic (exact) mass is 463 g/mol. The normalized spacial score (nSPS) is 11.7. The summed E-state index contributed by atoms with van der Waals surface area (Å²) in [5.41, 5.74) is 1.86. The molecule has 0 aliphatic carbocycles. The Morgan fingerprint density at radius 3 is 2.59 bits per heavy atom. The fourth-order valence-electron chi connectivity index (χ4n) is 3.44. The summed E-state index contributed by atoms with van der Waals surface area (Å²) in [6, 6.07) is 14.8. The van der Waals surface area contributed by atoms with E-state index in [2.05, 4.69) is 15.6 Å². The molecule has 2 aromatic carbocycles. The van der Waals surface area contributed by atoms with Crippen LogP contribution in [0.5, 0.6) is 0 Å². The number of nitrogens with one attached hydrogen (secondary N) is 3. The molecule has 0 aliphatic heterocycles. The molecule has 3 N–H and O–H groups in total. The van der Waals surface area contributed by atoms with Crippen LogP contribution in [0.25, 0.3) is 10.9 Å². The summed E-state index contributed by atoms with van der Waals surface area (Å²) in [6.45, 7) is -0.361.